The molecule has 3 heterocycles. The Labute approximate surface area is 266 Å². The van der Waals surface area contributed by atoms with Crippen LogP contribution in [0, 0.1) is 17.8 Å². The minimum absolute atomic E-state index is 0.0267. The maximum absolute atomic E-state index is 14.1. The van der Waals surface area contributed by atoms with Gasteiger partial charge in [-0.25, -0.2) is 4.98 Å². The van der Waals surface area contributed by atoms with E-state index in [0.29, 0.717) is 24.5 Å². The van der Waals surface area contributed by atoms with Gasteiger partial charge in [-0.15, -0.1) is 11.3 Å². The normalized spacial score (nSPS) is 19.8. The molecule has 244 valence electrons. The number of Topliss-reactive ketones (excluding diaryl/α,β-unsaturated/α-hetero) is 1. The number of nitrogens with one attached hydrogen (secondary N) is 1. The molecule has 1 aliphatic heterocycles. The monoisotopic (exact) mass is 629 g/mol. The molecule has 44 heavy (non-hydrogen) atoms. The zero-order valence-electron chi connectivity index (χ0n) is 27.7. The van der Waals surface area contributed by atoms with Gasteiger partial charge in [0.15, 0.2) is 11.9 Å². The van der Waals surface area contributed by atoms with Crippen LogP contribution in [-0.2, 0) is 25.7 Å². The average molecular weight is 630 g/mol. The first-order chi connectivity index (χ1) is 20.8. The van der Waals surface area contributed by atoms with Crippen molar-refractivity contribution in [2.24, 2.45) is 17.8 Å². The van der Waals surface area contributed by atoms with Gasteiger partial charge < -0.3 is 19.5 Å². The van der Waals surface area contributed by atoms with Crippen LogP contribution in [0.25, 0.3) is 0 Å². The fourth-order valence-electron chi connectivity index (χ4n) is 6.06. The van der Waals surface area contributed by atoms with Gasteiger partial charge in [0.2, 0.25) is 5.91 Å². The summed E-state index contributed by atoms with van der Waals surface area (Å²) in [7, 11) is 3.77. The molecule has 0 spiro atoms. The fourth-order valence-corrected chi connectivity index (χ4v) is 6.90. The van der Waals surface area contributed by atoms with Gasteiger partial charge in [0, 0.05) is 69.6 Å². The maximum Gasteiger partial charge on any atom is 0.303 e. The Hall–Kier alpha value is -3.05. The number of nitrogens with zero attached hydrogens (tertiary/aromatic N) is 4. The molecule has 2 aromatic rings. The van der Waals surface area contributed by atoms with Crippen LogP contribution in [-0.4, -0.2) is 81.7 Å². The number of hydrogen-bond acceptors (Lipinski definition) is 8. The van der Waals surface area contributed by atoms with Gasteiger partial charge in [-0.2, -0.15) is 0 Å². The Bertz CT molecular complexity index is 1260. The molecule has 0 unspecified atom stereocenters. The number of amides is 2. The molecule has 0 radical (unpaired) electrons. The lowest BCUT2D eigenvalue weighted by molar-refractivity contribution is -0.149. The van der Waals surface area contributed by atoms with Crippen LogP contribution in [0.1, 0.15) is 95.2 Å². The Morgan fingerprint density at radius 2 is 1.86 bits per heavy atom. The molecule has 11 heteroatoms. The number of carbonyl (C=O) groups is 4. The maximum atomic E-state index is 14.1. The van der Waals surface area contributed by atoms with Crippen LogP contribution in [0.4, 0.5) is 0 Å². The van der Waals surface area contributed by atoms with E-state index in [1.165, 1.54) is 18.3 Å². The van der Waals surface area contributed by atoms with Gasteiger partial charge in [0.1, 0.15) is 10.7 Å². The molecule has 0 bridgehead atoms. The molecule has 1 N–H and O–H groups in total. The molecule has 5 atom stereocenters. The highest BCUT2D eigenvalue weighted by Crippen LogP contribution is 2.35. The van der Waals surface area contributed by atoms with E-state index >= 15 is 0 Å². The summed E-state index contributed by atoms with van der Waals surface area (Å²) in [6.45, 7) is 13.5. The van der Waals surface area contributed by atoms with Gasteiger partial charge >= 0.3 is 5.97 Å². The number of hydrogen-bond donors (Lipinski definition) is 1. The number of likely N-dealkylation sites (tertiary alicyclic amines) is 1. The number of esters is 1. The molecule has 0 aliphatic carbocycles. The third-order valence-corrected chi connectivity index (χ3v) is 10.3. The molecule has 2 amide bonds. The lowest BCUT2D eigenvalue weighted by Crippen LogP contribution is -2.50. The summed E-state index contributed by atoms with van der Waals surface area (Å²) in [6, 6.07) is 3.57. The largest absolute Gasteiger partial charge is 0.455 e. The van der Waals surface area contributed by atoms with E-state index in [4.69, 9.17) is 4.74 Å². The van der Waals surface area contributed by atoms with Crippen LogP contribution >= 0.6 is 11.3 Å². The molecule has 0 aromatic carbocycles. The van der Waals surface area contributed by atoms with Crippen molar-refractivity contribution in [2.45, 2.75) is 97.9 Å². The van der Waals surface area contributed by atoms with Crippen LogP contribution in [0.3, 0.4) is 0 Å². The van der Waals surface area contributed by atoms with E-state index < -0.39 is 23.5 Å². The molecule has 1 fully saturated rings. The molecular formula is C33H51N5O5S. The van der Waals surface area contributed by atoms with E-state index in [9.17, 15) is 19.2 Å². The highest BCUT2D eigenvalue weighted by molar-refractivity contribution is 7.09. The summed E-state index contributed by atoms with van der Waals surface area (Å²) in [5, 5.41) is 5.06. The quantitative estimate of drug-likeness (QED) is 0.261. The smallest absolute Gasteiger partial charge is 0.303 e. The highest BCUT2D eigenvalue weighted by atomic mass is 32.1. The van der Waals surface area contributed by atoms with E-state index in [0.717, 1.165) is 25.8 Å². The van der Waals surface area contributed by atoms with Crippen molar-refractivity contribution in [3.63, 3.8) is 0 Å². The predicted octanol–water partition coefficient (Wildman–Crippen LogP) is 4.96. The minimum atomic E-state index is -0.726. The summed E-state index contributed by atoms with van der Waals surface area (Å²) in [6.07, 6.45) is 6.22. The van der Waals surface area contributed by atoms with Crippen LogP contribution in [0.2, 0.25) is 0 Å². The first-order valence-electron chi connectivity index (χ1n) is 15.8. The molecule has 2 aromatic heterocycles. The van der Waals surface area contributed by atoms with E-state index in [-0.39, 0.29) is 47.6 Å². The Kier molecular flexibility index (Phi) is 12.7. The molecular weight excluding hydrogens is 578 g/mol. The van der Waals surface area contributed by atoms with Crippen molar-refractivity contribution in [3.05, 3.63) is 40.6 Å². The Balaban J connectivity index is 1.76. The number of aromatic nitrogens is 2. The van der Waals surface area contributed by atoms with Crippen molar-refractivity contribution in [1.82, 2.24) is 24.7 Å². The predicted molar refractivity (Wildman–Crippen MR) is 172 cm³/mol. The summed E-state index contributed by atoms with van der Waals surface area (Å²) in [5.74, 6) is -1.10. The minimum Gasteiger partial charge on any atom is -0.455 e. The van der Waals surface area contributed by atoms with Gasteiger partial charge in [-0.1, -0.05) is 34.1 Å². The second-order valence-electron chi connectivity index (χ2n) is 12.8. The summed E-state index contributed by atoms with van der Waals surface area (Å²) < 4.78 is 7.71. The molecule has 1 aliphatic rings. The highest BCUT2D eigenvalue weighted by Gasteiger charge is 2.43. The number of thiazole rings is 1. The topological polar surface area (TPSA) is 114 Å². The third kappa shape index (κ3) is 8.78. The first kappa shape index (κ1) is 35.4. The van der Waals surface area contributed by atoms with Gasteiger partial charge in [-0.3, -0.25) is 24.1 Å². The summed E-state index contributed by atoms with van der Waals surface area (Å²) in [5.41, 5.74) is -0.277. The Morgan fingerprint density at radius 1 is 1.18 bits per heavy atom. The fraction of sp³-hybridized carbons (Fsp3) is 0.667. The van der Waals surface area contributed by atoms with E-state index in [1.807, 2.05) is 70.8 Å². The zero-order chi connectivity index (χ0) is 32.6. The van der Waals surface area contributed by atoms with Gasteiger partial charge in [0.25, 0.3) is 5.91 Å². The van der Waals surface area contributed by atoms with Gasteiger partial charge in [-0.05, 0) is 57.3 Å². The zero-order valence-corrected chi connectivity index (χ0v) is 28.5. The number of ether oxygens (including phenoxy) is 1. The number of ketones is 1. The summed E-state index contributed by atoms with van der Waals surface area (Å²) >= 11 is 1.26. The van der Waals surface area contributed by atoms with E-state index in [1.54, 1.807) is 17.3 Å². The standard InChI is InChI=1S/C33H51N5O5S/c1-9-23(4)25(19-29(40)33(6)13-12-15-36(33)7)32(42)37(8)27(22(2)3)20-28(43-24(5)39)31-35-26(21-44-31)30(41)34-14-18-38-16-10-11-17-38/h10-11,16-17,21-23,25,27-28H,9,12-15,18-20H2,1-8H3,(H,34,41)/t23-,25-,27+,28+,33+/m0/s1. The second-order valence-corrected chi connectivity index (χ2v) is 13.7. The molecule has 1 saturated heterocycles. The number of rotatable bonds is 16. The average Bonchev–Trinajstić information content (AvgIpc) is 3.75. The lowest BCUT2D eigenvalue weighted by atomic mass is 9.80. The molecule has 0 saturated carbocycles. The number of carbonyl (C=O) groups excluding carboxylic acids is 4. The van der Waals surface area contributed by atoms with Crippen molar-refractivity contribution in [2.75, 3.05) is 27.2 Å². The first-order valence-corrected chi connectivity index (χ1v) is 16.7. The van der Waals surface area contributed by atoms with Crippen molar-refractivity contribution >= 4 is 34.9 Å². The number of likely N-dealkylation sites (N-methyl/N-ethyl adjacent to an activating group) is 1. The van der Waals surface area contributed by atoms with Crippen LogP contribution in [0.5, 0.6) is 0 Å². The second kappa shape index (κ2) is 15.8. The SMILES string of the molecule is CC[C@H](C)[C@H](CC(=O)[C@@]1(C)CCCN1C)C(=O)N(C)[C@H](C[C@@H](OC(C)=O)c1nc(C(=O)NCCn2cccc2)cs1)C(C)C. The lowest BCUT2D eigenvalue weighted by Gasteiger charge is -2.38. The summed E-state index contributed by atoms with van der Waals surface area (Å²) in [4.78, 5) is 61.1. The van der Waals surface area contributed by atoms with Crippen LogP contribution < -0.4 is 5.32 Å². The third-order valence-electron chi connectivity index (χ3n) is 9.38. The molecule has 3 rings (SSSR count). The van der Waals surface area contributed by atoms with E-state index in [2.05, 4.69) is 15.2 Å². The van der Waals surface area contributed by atoms with Crippen molar-refractivity contribution in [3.8, 4) is 0 Å². The van der Waals surface area contributed by atoms with Crippen LogP contribution in [0.15, 0.2) is 29.9 Å². The molecule has 10 nitrogen and oxygen atoms in total. The van der Waals surface area contributed by atoms with Gasteiger partial charge in [0.05, 0.1) is 5.54 Å². The Morgan fingerprint density at radius 3 is 2.43 bits per heavy atom. The van der Waals surface area contributed by atoms with Crippen molar-refractivity contribution in [1.29, 1.82) is 0 Å². The van der Waals surface area contributed by atoms with Crippen molar-refractivity contribution < 1.29 is 23.9 Å².